The highest BCUT2D eigenvalue weighted by Gasteiger charge is 2.36. The zero-order valence-electron chi connectivity index (χ0n) is 10.7. The van der Waals surface area contributed by atoms with E-state index in [0.29, 0.717) is 0 Å². The predicted molar refractivity (Wildman–Crippen MR) is 69.1 cm³/mol. The van der Waals surface area contributed by atoms with Crippen LogP contribution in [-0.2, 0) is 11.3 Å². The molecule has 100 valence electrons. The molecule has 4 nitrogen and oxygen atoms in total. The molecule has 0 saturated carbocycles. The molecule has 2 N–H and O–H groups in total. The number of piperidine rings is 1. The van der Waals surface area contributed by atoms with E-state index in [1.165, 1.54) is 5.56 Å². The summed E-state index contributed by atoms with van der Waals surface area (Å²) in [6.07, 6.45) is -0.00675. The number of nitrogens with zero attached hydrogens (tertiary/aromatic N) is 1. The number of likely N-dealkylation sites (tertiary alicyclic amines) is 1. The molecule has 1 aromatic rings. The van der Waals surface area contributed by atoms with Crippen molar-refractivity contribution in [1.82, 2.24) is 4.90 Å². The number of benzene rings is 1. The van der Waals surface area contributed by atoms with Gasteiger partial charge in [-0.05, 0) is 12.0 Å². The minimum absolute atomic E-state index is 0.0478. The van der Waals surface area contributed by atoms with Crippen molar-refractivity contribution in [3.63, 3.8) is 0 Å². The third-order valence-electron chi connectivity index (χ3n) is 3.66. The summed E-state index contributed by atoms with van der Waals surface area (Å²) >= 11 is 0. The van der Waals surface area contributed by atoms with Crippen LogP contribution in [0.4, 0.5) is 0 Å². The van der Waals surface area contributed by atoms with E-state index < -0.39 is 6.10 Å². The molecule has 1 fully saturated rings. The molecule has 4 heteroatoms. The van der Waals surface area contributed by atoms with Gasteiger partial charge in [-0.1, -0.05) is 30.3 Å². The molecule has 0 spiro atoms. The van der Waals surface area contributed by atoms with Crippen LogP contribution in [0.3, 0.4) is 0 Å². The number of rotatable bonds is 4. The topological polar surface area (TPSA) is 52.9 Å². The summed E-state index contributed by atoms with van der Waals surface area (Å²) < 4.78 is 5.25. The van der Waals surface area contributed by atoms with Crippen molar-refractivity contribution >= 4 is 0 Å². The highest BCUT2D eigenvalue weighted by Crippen LogP contribution is 2.22. The Hall–Kier alpha value is -0.940. The molecule has 1 saturated heterocycles. The first-order valence-electron chi connectivity index (χ1n) is 6.36. The van der Waals surface area contributed by atoms with Crippen molar-refractivity contribution in [3.05, 3.63) is 35.9 Å². The standard InChI is InChI=1S/C14H21NO3/c1-18-13-7-8-15(12(10-16)14(13)17)9-11-5-3-2-4-6-11/h2-6,12-14,16-17H,7-10H2,1H3. The molecule has 0 radical (unpaired) electrons. The Kier molecular flexibility index (Phi) is 4.72. The maximum absolute atomic E-state index is 10.2. The smallest absolute Gasteiger partial charge is 0.0979 e. The van der Waals surface area contributed by atoms with E-state index in [9.17, 15) is 10.2 Å². The molecule has 1 aromatic carbocycles. The van der Waals surface area contributed by atoms with Crippen LogP contribution in [-0.4, -0.2) is 53.6 Å². The van der Waals surface area contributed by atoms with Gasteiger partial charge in [0.25, 0.3) is 0 Å². The Labute approximate surface area is 108 Å². The molecule has 0 aromatic heterocycles. The lowest BCUT2D eigenvalue weighted by atomic mass is 9.95. The van der Waals surface area contributed by atoms with E-state index in [1.54, 1.807) is 7.11 Å². The van der Waals surface area contributed by atoms with Gasteiger partial charge in [0.2, 0.25) is 0 Å². The molecule has 1 aliphatic rings. The fourth-order valence-electron chi connectivity index (χ4n) is 2.59. The molecule has 2 rings (SSSR count). The van der Waals surface area contributed by atoms with Gasteiger partial charge >= 0.3 is 0 Å². The van der Waals surface area contributed by atoms with E-state index in [1.807, 2.05) is 18.2 Å². The number of aliphatic hydroxyl groups excluding tert-OH is 2. The lowest BCUT2D eigenvalue weighted by molar-refractivity contribution is -0.106. The van der Waals surface area contributed by atoms with Gasteiger partial charge in [-0.3, -0.25) is 4.90 Å². The normalized spacial score (nSPS) is 29.4. The molecule has 18 heavy (non-hydrogen) atoms. The van der Waals surface area contributed by atoms with E-state index in [2.05, 4.69) is 17.0 Å². The minimum atomic E-state index is -0.627. The van der Waals surface area contributed by atoms with E-state index in [4.69, 9.17) is 4.74 Å². The average molecular weight is 251 g/mol. The third-order valence-corrected chi connectivity index (χ3v) is 3.66. The van der Waals surface area contributed by atoms with Gasteiger partial charge < -0.3 is 14.9 Å². The quantitative estimate of drug-likeness (QED) is 0.824. The molecule has 0 bridgehead atoms. The van der Waals surface area contributed by atoms with Gasteiger partial charge in [0.1, 0.15) is 0 Å². The van der Waals surface area contributed by atoms with Crippen LogP contribution in [0.15, 0.2) is 30.3 Å². The van der Waals surface area contributed by atoms with Gasteiger partial charge in [-0.2, -0.15) is 0 Å². The Bertz CT molecular complexity index is 357. The maximum Gasteiger partial charge on any atom is 0.0979 e. The maximum atomic E-state index is 10.2. The van der Waals surface area contributed by atoms with Gasteiger partial charge in [0.15, 0.2) is 0 Å². The first kappa shape index (κ1) is 13.5. The molecular weight excluding hydrogens is 230 g/mol. The second-order valence-electron chi connectivity index (χ2n) is 4.76. The lowest BCUT2D eigenvalue weighted by Crippen LogP contribution is -2.56. The Morgan fingerprint density at radius 1 is 1.33 bits per heavy atom. The second kappa shape index (κ2) is 6.29. The van der Waals surface area contributed by atoms with Crippen molar-refractivity contribution in [2.75, 3.05) is 20.3 Å². The number of hydrogen-bond donors (Lipinski definition) is 2. The van der Waals surface area contributed by atoms with Crippen LogP contribution >= 0.6 is 0 Å². The lowest BCUT2D eigenvalue weighted by Gasteiger charge is -2.41. The number of ether oxygens (including phenoxy) is 1. The Morgan fingerprint density at radius 2 is 2.06 bits per heavy atom. The third kappa shape index (κ3) is 2.90. The summed E-state index contributed by atoms with van der Waals surface area (Å²) in [5.74, 6) is 0. The molecular formula is C14H21NO3. The fraction of sp³-hybridized carbons (Fsp3) is 0.571. The zero-order valence-corrected chi connectivity index (χ0v) is 10.7. The first-order valence-corrected chi connectivity index (χ1v) is 6.36. The predicted octanol–water partition coefficient (Wildman–Crippen LogP) is 0.629. The van der Waals surface area contributed by atoms with Crippen molar-refractivity contribution in [1.29, 1.82) is 0 Å². The van der Waals surface area contributed by atoms with Gasteiger partial charge in [-0.15, -0.1) is 0 Å². The van der Waals surface area contributed by atoms with Crippen molar-refractivity contribution in [2.45, 2.75) is 31.2 Å². The number of aliphatic hydroxyl groups is 2. The Morgan fingerprint density at radius 3 is 2.67 bits per heavy atom. The fourth-order valence-corrected chi connectivity index (χ4v) is 2.59. The van der Waals surface area contributed by atoms with Crippen LogP contribution in [0.2, 0.25) is 0 Å². The number of methoxy groups -OCH3 is 1. The summed E-state index contributed by atoms with van der Waals surface area (Å²) in [6, 6.07) is 9.86. The molecule has 0 aliphatic carbocycles. The number of hydrogen-bond acceptors (Lipinski definition) is 4. The van der Waals surface area contributed by atoms with Gasteiger partial charge in [-0.25, -0.2) is 0 Å². The van der Waals surface area contributed by atoms with Crippen molar-refractivity contribution < 1.29 is 14.9 Å². The minimum Gasteiger partial charge on any atom is -0.395 e. The van der Waals surface area contributed by atoms with Gasteiger partial charge in [0.05, 0.1) is 24.9 Å². The molecule has 3 unspecified atom stereocenters. The average Bonchev–Trinajstić information content (AvgIpc) is 2.40. The first-order chi connectivity index (χ1) is 8.76. The summed E-state index contributed by atoms with van der Waals surface area (Å²) in [6.45, 7) is 1.53. The summed E-state index contributed by atoms with van der Waals surface area (Å²) in [5, 5.41) is 19.6. The summed E-state index contributed by atoms with van der Waals surface area (Å²) in [5.41, 5.74) is 1.19. The largest absolute Gasteiger partial charge is 0.395 e. The van der Waals surface area contributed by atoms with Crippen LogP contribution < -0.4 is 0 Å². The summed E-state index contributed by atoms with van der Waals surface area (Å²) in [4.78, 5) is 2.12. The SMILES string of the molecule is COC1CCN(Cc2ccccc2)C(CO)C1O. The highest BCUT2D eigenvalue weighted by atomic mass is 16.5. The van der Waals surface area contributed by atoms with E-state index >= 15 is 0 Å². The van der Waals surface area contributed by atoms with Crippen LogP contribution in [0.1, 0.15) is 12.0 Å². The zero-order chi connectivity index (χ0) is 13.0. The van der Waals surface area contributed by atoms with Crippen LogP contribution in [0.25, 0.3) is 0 Å². The summed E-state index contributed by atoms with van der Waals surface area (Å²) in [7, 11) is 1.61. The van der Waals surface area contributed by atoms with E-state index in [-0.39, 0.29) is 18.8 Å². The van der Waals surface area contributed by atoms with Crippen LogP contribution in [0, 0.1) is 0 Å². The Balaban J connectivity index is 2.04. The molecule has 3 atom stereocenters. The monoisotopic (exact) mass is 251 g/mol. The van der Waals surface area contributed by atoms with Gasteiger partial charge in [0, 0.05) is 20.2 Å². The molecule has 0 amide bonds. The van der Waals surface area contributed by atoms with Crippen molar-refractivity contribution in [2.24, 2.45) is 0 Å². The molecule has 1 aliphatic heterocycles. The van der Waals surface area contributed by atoms with E-state index in [0.717, 1.165) is 19.5 Å². The second-order valence-corrected chi connectivity index (χ2v) is 4.76. The van der Waals surface area contributed by atoms with Crippen LogP contribution in [0.5, 0.6) is 0 Å². The van der Waals surface area contributed by atoms with Crippen molar-refractivity contribution in [3.8, 4) is 0 Å². The molecule has 1 heterocycles. The highest BCUT2D eigenvalue weighted by molar-refractivity contribution is 5.15.